The van der Waals surface area contributed by atoms with Gasteiger partial charge in [0.15, 0.2) is 0 Å². The summed E-state index contributed by atoms with van der Waals surface area (Å²) in [5, 5.41) is 4.78. The minimum Gasteiger partial charge on any atom is -0.374 e. The fourth-order valence-corrected chi connectivity index (χ4v) is 2.94. The topological polar surface area (TPSA) is 34.2 Å². The summed E-state index contributed by atoms with van der Waals surface area (Å²) >= 11 is 0. The van der Waals surface area contributed by atoms with Crippen molar-refractivity contribution in [2.45, 2.75) is 45.8 Å². The molecule has 2 unspecified atom stereocenters. The van der Waals surface area contributed by atoms with Crippen LogP contribution in [0.1, 0.15) is 45.7 Å². The van der Waals surface area contributed by atoms with Crippen molar-refractivity contribution in [3.63, 3.8) is 0 Å². The van der Waals surface area contributed by atoms with Crippen molar-refractivity contribution in [1.82, 2.24) is 10.3 Å². The van der Waals surface area contributed by atoms with Crippen LogP contribution >= 0.6 is 0 Å². The summed E-state index contributed by atoms with van der Waals surface area (Å²) in [7, 11) is 0. The number of nitrogens with one attached hydrogen (secondary N) is 1. The Morgan fingerprint density at radius 3 is 2.62 bits per heavy atom. The van der Waals surface area contributed by atoms with Gasteiger partial charge in [-0.05, 0) is 38.4 Å². The summed E-state index contributed by atoms with van der Waals surface area (Å²) in [6.45, 7) is 10.2. The highest BCUT2D eigenvalue weighted by Crippen LogP contribution is 2.35. The predicted octanol–water partition coefficient (Wildman–Crippen LogP) is 4.09. The summed E-state index contributed by atoms with van der Waals surface area (Å²) in [5.74, 6) is 0. The first-order valence-corrected chi connectivity index (χ1v) is 7.87. The lowest BCUT2D eigenvalue weighted by Gasteiger charge is -2.38. The van der Waals surface area contributed by atoms with E-state index in [2.05, 4.69) is 62.3 Å². The minimum absolute atomic E-state index is 0.131. The van der Waals surface area contributed by atoms with Crippen molar-refractivity contribution < 1.29 is 4.74 Å². The van der Waals surface area contributed by atoms with Crippen LogP contribution in [0.5, 0.6) is 0 Å². The van der Waals surface area contributed by atoms with Crippen LogP contribution in [0.2, 0.25) is 0 Å². The van der Waals surface area contributed by atoms with Gasteiger partial charge in [-0.25, -0.2) is 0 Å². The number of hydrogen-bond donors (Lipinski definition) is 1. The zero-order chi connectivity index (χ0) is 15.3. The van der Waals surface area contributed by atoms with Gasteiger partial charge in [-0.3, -0.25) is 4.98 Å². The average molecular weight is 286 g/mol. The lowest BCUT2D eigenvalue weighted by molar-refractivity contribution is -0.0557. The molecule has 0 aliphatic carbocycles. The first-order chi connectivity index (χ1) is 10.2. The summed E-state index contributed by atoms with van der Waals surface area (Å²) in [4.78, 5) is 4.60. The molecular formula is C18H26N2O. The first-order valence-electron chi connectivity index (χ1n) is 7.87. The molecule has 3 nitrogen and oxygen atoms in total. The Bertz CT molecular complexity index is 579. The molecule has 0 fully saturated rings. The van der Waals surface area contributed by atoms with E-state index >= 15 is 0 Å². The SMILES string of the molecule is CCNC(c1cccc2cccnc12)C(C)(CC)OCC. The molecule has 114 valence electrons. The van der Waals surface area contributed by atoms with Crippen molar-refractivity contribution in [2.24, 2.45) is 0 Å². The van der Waals surface area contributed by atoms with Crippen LogP contribution in [0.4, 0.5) is 0 Å². The van der Waals surface area contributed by atoms with Crippen molar-refractivity contribution in [3.8, 4) is 0 Å². The molecule has 2 atom stereocenters. The third-order valence-corrected chi connectivity index (χ3v) is 4.17. The molecule has 0 saturated heterocycles. The number of fused-ring (bicyclic) bond motifs is 1. The maximum Gasteiger partial charge on any atom is 0.0846 e. The van der Waals surface area contributed by atoms with E-state index in [1.54, 1.807) is 0 Å². The van der Waals surface area contributed by atoms with Crippen LogP contribution in [-0.4, -0.2) is 23.7 Å². The van der Waals surface area contributed by atoms with Gasteiger partial charge in [0.2, 0.25) is 0 Å². The van der Waals surface area contributed by atoms with Crippen LogP contribution in [0, 0.1) is 0 Å². The molecule has 0 radical (unpaired) electrons. The average Bonchev–Trinajstić information content (AvgIpc) is 2.52. The highest BCUT2D eigenvalue weighted by Gasteiger charge is 2.35. The number of nitrogens with zero attached hydrogens (tertiary/aromatic N) is 1. The number of likely N-dealkylation sites (N-methyl/N-ethyl adjacent to an activating group) is 1. The summed E-state index contributed by atoms with van der Waals surface area (Å²) < 4.78 is 6.11. The number of rotatable bonds is 7. The quantitative estimate of drug-likeness (QED) is 0.832. The fourth-order valence-electron chi connectivity index (χ4n) is 2.94. The Morgan fingerprint density at radius 1 is 1.19 bits per heavy atom. The van der Waals surface area contributed by atoms with E-state index in [0.717, 1.165) is 18.5 Å². The van der Waals surface area contributed by atoms with E-state index in [1.165, 1.54) is 10.9 Å². The molecule has 1 N–H and O–H groups in total. The fraction of sp³-hybridized carbons (Fsp3) is 0.500. The van der Waals surface area contributed by atoms with E-state index in [1.807, 2.05) is 12.3 Å². The van der Waals surface area contributed by atoms with Crippen molar-refractivity contribution >= 4 is 10.9 Å². The second-order valence-electron chi connectivity index (χ2n) is 5.51. The Kier molecular flexibility index (Phi) is 5.32. The van der Waals surface area contributed by atoms with E-state index in [9.17, 15) is 0 Å². The molecule has 1 aromatic heterocycles. The Labute approximate surface area is 127 Å². The minimum atomic E-state index is -0.240. The first kappa shape index (κ1) is 15.9. The van der Waals surface area contributed by atoms with E-state index < -0.39 is 0 Å². The smallest absolute Gasteiger partial charge is 0.0846 e. The lowest BCUT2D eigenvalue weighted by Crippen LogP contribution is -2.43. The summed E-state index contributed by atoms with van der Waals surface area (Å²) in [6.07, 6.45) is 2.81. The molecule has 0 aliphatic rings. The van der Waals surface area contributed by atoms with Crippen LogP contribution in [-0.2, 0) is 4.74 Å². The van der Waals surface area contributed by atoms with Gasteiger partial charge in [-0.2, -0.15) is 0 Å². The van der Waals surface area contributed by atoms with Gasteiger partial charge in [0.1, 0.15) is 0 Å². The molecule has 0 spiro atoms. The van der Waals surface area contributed by atoms with Crippen LogP contribution in [0.25, 0.3) is 10.9 Å². The molecule has 2 rings (SSSR count). The number of benzene rings is 1. The maximum atomic E-state index is 6.11. The molecule has 3 heteroatoms. The third kappa shape index (κ3) is 3.25. The number of pyridine rings is 1. The lowest BCUT2D eigenvalue weighted by atomic mass is 9.86. The number of ether oxygens (including phenoxy) is 1. The van der Waals surface area contributed by atoms with Gasteiger partial charge >= 0.3 is 0 Å². The Balaban J connectivity index is 2.54. The maximum absolute atomic E-state index is 6.11. The van der Waals surface area contributed by atoms with Crippen LogP contribution in [0.15, 0.2) is 36.5 Å². The molecule has 0 bridgehead atoms. The number of aromatic nitrogens is 1. The standard InChI is InChI=1S/C18H26N2O/c1-5-18(4,21-7-3)17(19-6-2)15-12-8-10-14-11-9-13-20-16(14)15/h8-13,17,19H,5-7H2,1-4H3. The molecule has 0 aliphatic heterocycles. The summed E-state index contributed by atoms with van der Waals surface area (Å²) in [6, 6.07) is 10.6. The molecule has 1 aromatic carbocycles. The molecule has 1 heterocycles. The largest absolute Gasteiger partial charge is 0.374 e. The van der Waals surface area contributed by atoms with Crippen LogP contribution < -0.4 is 5.32 Å². The second-order valence-corrected chi connectivity index (χ2v) is 5.51. The highest BCUT2D eigenvalue weighted by molar-refractivity contribution is 5.82. The van der Waals surface area contributed by atoms with Gasteiger partial charge in [-0.15, -0.1) is 0 Å². The van der Waals surface area contributed by atoms with Gasteiger partial charge in [-0.1, -0.05) is 38.1 Å². The summed E-state index contributed by atoms with van der Waals surface area (Å²) in [5.41, 5.74) is 2.04. The van der Waals surface area contributed by atoms with Crippen LogP contribution in [0.3, 0.4) is 0 Å². The van der Waals surface area contributed by atoms with E-state index in [-0.39, 0.29) is 11.6 Å². The van der Waals surface area contributed by atoms with E-state index in [0.29, 0.717) is 6.61 Å². The molecule has 0 saturated carbocycles. The Hall–Kier alpha value is -1.45. The zero-order valence-electron chi connectivity index (χ0n) is 13.5. The molecular weight excluding hydrogens is 260 g/mol. The molecule has 0 amide bonds. The highest BCUT2D eigenvalue weighted by atomic mass is 16.5. The Morgan fingerprint density at radius 2 is 1.95 bits per heavy atom. The molecule has 21 heavy (non-hydrogen) atoms. The second kappa shape index (κ2) is 7.01. The number of hydrogen-bond acceptors (Lipinski definition) is 3. The third-order valence-electron chi connectivity index (χ3n) is 4.17. The van der Waals surface area contributed by atoms with Crippen molar-refractivity contribution in [3.05, 3.63) is 42.1 Å². The van der Waals surface area contributed by atoms with Gasteiger partial charge in [0, 0.05) is 18.2 Å². The van der Waals surface area contributed by atoms with Crippen molar-refractivity contribution in [1.29, 1.82) is 0 Å². The number of para-hydroxylation sites is 1. The zero-order valence-corrected chi connectivity index (χ0v) is 13.5. The van der Waals surface area contributed by atoms with Gasteiger partial charge in [0.05, 0.1) is 17.2 Å². The molecule has 2 aromatic rings. The monoisotopic (exact) mass is 286 g/mol. The van der Waals surface area contributed by atoms with Crippen molar-refractivity contribution in [2.75, 3.05) is 13.2 Å². The van der Waals surface area contributed by atoms with Gasteiger partial charge < -0.3 is 10.1 Å². The normalized spacial score (nSPS) is 15.8. The van der Waals surface area contributed by atoms with E-state index in [4.69, 9.17) is 4.74 Å². The predicted molar refractivity (Wildman–Crippen MR) is 88.5 cm³/mol. The van der Waals surface area contributed by atoms with Gasteiger partial charge in [0.25, 0.3) is 0 Å².